The summed E-state index contributed by atoms with van der Waals surface area (Å²) in [6, 6.07) is 8.01. The largest absolute Gasteiger partial charge is 0.491 e. The third kappa shape index (κ3) is 7.10. The van der Waals surface area contributed by atoms with E-state index in [1.165, 1.54) is 28.4 Å². The summed E-state index contributed by atoms with van der Waals surface area (Å²) < 4.78 is 38.5. The first-order valence-electron chi connectivity index (χ1n) is 13.5. The predicted octanol–water partition coefficient (Wildman–Crippen LogP) is 7.90. The molecule has 41 heavy (non-hydrogen) atoms. The molecule has 0 unspecified atom stereocenters. The van der Waals surface area contributed by atoms with Crippen molar-refractivity contribution < 1.29 is 28.1 Å². The molecule has 1 amide bonds. The smallest absolute Gasteiger partial charge is 0.413 e. The number of nitrogens with zero attached hydrogens (tertiary/aromatic N) is 3. The van der Waals surface area contributed by atoms with Gasteiger partial charge in [-0.05, 0) is 92.1 Å². The van der Waals surface area contributed by atoms with Crippen LogP contribution in [0.3, 0.4) is 0 Å². The normalized spacial score (nSPS) is 18.6. The molecule has 11 heteroatoms. The number of aromatic nitrogens is 2. The van der Waals surface area contributed by atoms with Crippen molar-refractivity contribution in [3.8, 4) is 32.6 Å². The maximum Gasteiger partial charge on any atom is 0.413 e. The Hall–Kier alpha value is -2.95. The summed E-state index contributed by atoms with van der Waals surface area (Å²) in [4.78, 5) is 14.5. The van der Waals surface area contributed by atoms with E-state index < -0.39 is 29.3 Å². The number of amides is 1. The third-order valence-electron chi connectivity index (χ3n) is 6.39. The van der Waals surface area contributed by atoms with Crippen LogP contribution in [0.2, 0.25) is 5.02 Å². The van der Waals surface area contributed by atoms with Crippen molar-refractivity contribution in [1.29, 1.82) is 0 Å². The van der Waals surface area contributed by atoms with E-state index in [2.05, 4.69) is 10.2 Å². The standard InChI is InChI=1S/C30H37ClFN3O5S/c1-16(2)38-24-11-10-19(12-17(24)3)26-33-34-27(41-26)20-13-22(32)25(14-21(20)31)37-15-23-18(4)39-30(8,9)35(23)28(36)40-29(5,6)7/h10-14,16,18,23H,15H2,1-9H3/t18-,23+/m1/s1. The molecule has 3 aromatic rings. The molecule has 2 aromatic carbocycles. The highest BCUT2D eigenvalue weighted by atomic mass is 35.5. The fraction of sp³-hybridized carbons (Fsp3) is 0.500. The highest BCUT2D eigenvalue weighted by Gasteiger charge is 2.50. The van der Waals surface area contributed by atoms with Crippen LogP contribution in [0.15, 0.2) is 30.3 Å². The zero-order valence-corrected chi connectivity index (χ0v) is 26.4. The van der Waals surface area contributed by atoms with Crippen molar-refractivity contribution in [3.63, 3.8) is 0 Å². The van der Waals surface area contributed by atoms with Gasteiger partial charge in [-0.2, -0.15) is 0 Å². The van der Waals surface area contributed by atoms with E-state index in [9.17, 15) is 4.79 Å². The number of hydrogen-bond acceptors (Lipinski definition) is 8. The second-order valence-corrected chi connectivity index (χ2v) is 13.2. The number of halogens is 2. The summed E-state index contributed by atoms with van der Waals surface area (Å²) in [7, 11) is 0. The van der Waals surface area contributed by atoms with Crippen LogP contribution in [0, 0.1) is 12.7 Å². The van der Waals surface area contributed by atoms with Gasteiger partial charge in [0.15, 0.2) is 11.6 Å². The lowest BCUT2D eigenvalue weighted by Gasteiger charge is -2.35. The van der Waals surface area contributed by atoms with E-state index in [4.69, 9.17) is 30.5 Å². The van der Waals surface area contributed by atoms with Crippen molar-refractivity contribution in [3.05, 3.63) is 46.7 Å². The number of hydrogen-bond donors (Lipinski definition) is 0. The molecule has 0 aliphatic carbocycles. The molecule has 0 bridgehead atoms. The minimum atomic E-state index is -0.925. The maximum absolute atomic E-state index is 15.3. The number of benzene rings is 2. The first-order valence-corrected chi connectivity index (χ1v) is 14.7. The van der Waals surface area contributed by atoms with Gasteiger partial charge in [-0.15, -0.1) is 10.2 Å². The van der Waals surface area contributed by atoms with Gasteiger partial charge in [0, 0.05) is 17.2 Å². The topological polar surface area (TPSA) is 83.0 Å². The SMILES string of the molecule is Cc1cc(-c2nnc(-c3cc(F)c(OC[C@H]4[C@@H](C)OC(C)(C)N4C(=O)OC(C)(C)C)cc3Cl)s2)ccc1OC(C)C. The van der Waals surface area contributed by atoms with E-state index in [1.807, 2.05) is 45.9 Å². The summed E-state index contributed by atoms with van der Waals surface area (Å²) in [5.41, 5.74) is 0.657. The number of aryl methyl sites for hydroxylation is 1. The highest BCUT2D eigenvalue weighted by molar-refractivity contribution is 7.18. The molecule has 1 saturated heterocycles. The minimum absolute atomic E-state index is 0.0186. The van der Waals surface area contributed by atoms with Crippen LogP contribution in [0.5, 0.6) is 11.5 Å². The Morgan fingerprint density at radius 1 is 1.17 bits per heavy atom. The van der Waals surface area contributed by atoms with Crippen LogP contribution >= 0.6 is 22.9 Å². The third-order valence-corrected chi connectivity index (χ3v) is 7.71. The Labute approximate surface area is 249 Å². The number of carbonyl (C=O) groups is 1. The molecule has 222 valence electrons. The lowest BCUT2D eigenvalue weighted by molar-refractivity contribution is -0.0760. The summed E-state index contributed by atoms with van der Waals surface area (Å²) in [5, 5.41) is 9.98. The van der Waals surface area contributed by atoms with Crippen molar-refractivity contribution in [1.82, 2.24) is 15.1 Å². The summed E-state index contributed by atoms with van der Waals surface area (Å²) in [6.45, 7) is 16.7. The first-order chi connectivity index (χ1) is 19.1. The molecule has 1 fully saturated rings. The molecule has 0 saturated carbocycles. The molecule has 8 nitrogen and oxygen atoms in total. The zero-order valence-electron chi connectivity index (χ0n) is 24.9. The average Bonchev–Trinajstić information content (AvgIpc) is 3.41. The van der Waals surface area contributed by atoms with E-state index in [1.54, 1.807) is 34.6 Å². The van der Waals surface area contributed by atoms with Gasteiger partial charge >= 0.3 is 6.09 Å². The Morgan fingerprint density at radius 2 is 1.85 bits per heavy atom. The van der Waals surface area contributed by atoms with Crippen LogP contribution < -0.4 is 9.47 Å². The van der Waals surface area contributed by atoms with Crippen molar-refractivity contribution in [2.45, 2.75) is 91.9 Å². The number of carbonyl (C=O) groups excluding carboxylic acids is 1. The van der Waals surface area contributed by atoms with Crippen LogP contribution in [-0.2, 0) is 9.47 Å². The van der Waals surface area contributed by atoms with E-state index in [-0.39, 0.29) is 29.6 Å². The van der Waals surface area contributed by atoms with Crippen LogP contribution in [-0.4, -0.2) is 57.4 Å². The van der Waals surface area contributed by atoms with E-state index >= 15 is 4.39 Å². The first kappa shape index (κ1) is 31.0. The monoisotopic (exact) mass is 605 g/mol. The van der Waals surface area contributed by atoms with Gasteiger partial charge in [0.05, 0.1) is 23.3 Å². The van der Waals surface area contributed by atoms with Gasteiger partial charge in [-0.1, -0.05) is 22.9 Å². The Kier molecular flexibility index (Phi) is 8.87. The zero-order chi connectivity index (χ0) is 30.3. The fourth-order valence-corrected chi connectivity index (χ4v) is 5.84. The van der Waals surface area contributed by atoms with Gasteiger partial charge < -0.3 is 18.9 Å². The maximum atomic E-state index is 15.3. The molecule has 1 aromatic heterocycles. The number of ether oxygens (including phenoxy) is 4. The van der Waals surface area contributed by atoms with Crippen LogP contribution in [0.25, 0.3) is 21.1 Å². The van der Waals surface area contributed by atoms with Gasteiger partial charge in [-0.25, -0.2) is 9.18 Å². The predicted molar refractivity (Wildman–Crippen MR) is 158 cm³/mol. The molecule has 0 spiro atoms. The summed E-state index contributed by atoms with van der Waals surface area (Å²) >= 11 is 7.88. The van der Waals surface area contributed by atoms with E-state index in [0.29, 0.717) is 15.6 Å². The molecule has 0 N–H and O–H groups in total. The van der Waals surface area contributed by atoms with Crippen molar-refractivity contribution in [2.24, 2.45) is 0 Å². The molecular formula is C30H37ClFN3O5S. The highest BCUT2D eigenvalue weighted by Crippen LogP contribution is 2.39. The van der Waals surface area contributed by atoms with Crippen LogP contribution in [0.1, 0.15) is 61.0 Å². The summed E-state index contributed by atoms with van der Waals surface area (Å²) in [6.07, 6.45) is -0.828. The van der Waals surface area contributed by atoms with E-state index in [0.717, 1.165) is 16.9 Å². The molecule has 1 aliphatic heterocycles. The van der Waals surface area contributed by atoms with Gasteiger partial charge in [-0.3, -0.25) is 4.90 Å². The minimum Gasteiger partial charge on any atom is -0.491 e. The molecule has 4 rings (SSSR count). The second-order valence-electron chi connectivity index (χ2n) is 11.8. The quantitative estimate of drug-likeness (QED) is 0.271. The molecule has 2 atom stereocenters. The average molecular weight is 606 g/mol. The lowest BCUT2D eigenvalue weighted by atomic mass is 10.1. The molecular weight excluding hydrogens is 569 g/mol. The van der Waals surface area contributed by atoms with Crippen molar-refractivity contribution >= 4 is 29.0 Å². The molecule has 2 heterocycles. The summed E-state index contributed by atoms with van der Waals surface area (Å²) in [5.74, 6) is 0.160. The number of rotatable bonds is 7. The second kappa shape index (κ2) is 11.7. The fourth-order valence-electron chi connectivity index (χ4n) is 4.67. The van der Waals surface area contributed by atoms with Gasteiger partial charge in [0.25, 0.3) is 0 Å². The molecule has 0 radical (unpaired) electrons. The Morgan fingerprint density at radius 3 is 2.49 bits per heavy atom. The Balaban J connectivity index is 1.51. The Bertz CT molecular complexity index is 1420. The van der Waals surface area contributed by atoms with Gasteiger partial charge in [0.1, 0.15) is 33.7 Å². The van der Waals surface area contributed by atoms with Crippen molar-refractivity contribution in [2.75, 3.05) is 6.61 Å². The van der Waals surface area contributed by atoms with Crippen LogP contribution in [0.4, 0.5) is 9.18 Å². The van der Waals surface area contributed by atoms with Gasteiger partial charge in [0.2, 0.25) is 0 Å². The molecule has 1 aliphatic rings. The lowest BCUT2D eigenvalue weighted by Crippen LogP contribution is -2.52.